The van der Waals surface area contributed by atoms with E-state index in [1.165, 1.54) is 12.1 Å². The largest absolute Gasteiger partial charge is 0.416 e. The van der Waals surface area contributed by atoms with Crippen molar-refractivity contribution in [2.24, 2.45) is 0 Å². The number of hydrogen-bond donors (Lipinski definition) is 1. The fourth-order valence-corrected chi connectivity index (χ4v) is 4.02. The molecule has 1 saturated carbocycles. The molecule has 1 atom stereocenters. The highest BCUT2D eigenvalue weighted by atomic mass is 19.4. The van der Waals surface area contributed by atoms with Crippen molar-refractivity contribution >= 4 is 5.91 Å². The minimum Gasteiger partial charge on any atom is -0.321 e. The van der Waals surface area contributed by atoms with Gasteiger partial charge in [0.2, 0.25) is 5.91 Å². The van der Waals surface area contributed by atoms with Gasteiger partial charge in [-0.2, -0.15) is 13.2 Å². The highest BCUT2D eigenvalue weighted by molar-refractivity contribution is 5.89. The fraction of sp³-hybridized carbons (Fsp3) is 0.611. The number of nitrogens with zero attached hydrogens (tertiary/aromatic N) is 1. The summed E-state index contributed by atoms with van der Waals surface area (Å²) in [5.74, 6) is -0.0361. The second-order valence-electron chi connectivity index (χ2n) is 6.77. The van der Waals surface area contributed by atoms with Gasteiger partial charge in [-0.3, -0.25) is 10.1 Å². The third-order valence-corrected chi connectivity index (χ3v) is 5.13. The van der Waals surface area contributed by atoms with Gasteiger partial charge >= 0.3 is 6.18 Å². The molecule has 1 spiro atoms. The van der Waals surface area contributed by atoms with Crippen LogP contribution in [0.3, 0.4) is 0 Å². The maximum atomic E-state index is 13.4. The van der Waals surface area contributed by atoms with Crippen LogP contribution in [0.5, 0.6) is 0 Å². The highest BCUT2D eigenvalue weighted by Gasteiger charge is 2.52. The lowest BCUT2D eigenvalue weighted by Gasteiger charge is -2.31. The molecule has 1 N–H and O–H groups in total. The second kappa shape index (κ2) is 6.39. The summed E-state index contributed by atoms with van der Waals surface area (Å²) in [5.41, 5.74) is -1.20. The SMILES string of the molecule is CCCN1C(=O)C2(CCCCC2)NC1c1ccccc1C(F)(F)F. The van der Waals surface area contributed by atoms with Crippen LogP contribution in [0, 0.1) is 0 Å². The van der Waals surface area contributed by atoms with Crippen molar-refractivity contribution in [3.05, 3.63) is 35.4 Å². The summed E-state index contributed by atoms with van der Waals surface area (Å²) in [7, 11) is 0. The van der Waals surface area contributed by atoms with Gasteiger partial charge in [0, 0.05) is 12.1 Å². The van der Waals surface area contributed by atoms with Crippen LogP contribution < -0.4 is 5.32 Å². The summed E-state index contributed by atoms with van der Waals surface area (Å²) in [4.78, 5) is 14.6. The molecule has 1 saturated heterocycles. The quantitative estimate of drug-likeness (QED) is 0.892. The van der Waals surface area contributed by atoms with Gasteiger partial charge in [-0.1, -0.05) is 44.4 Å². The fourth-order valence-electron chi connectivity index (χ4n) is 4.02. The van der Waals surface area contributed by atoms with E-state index in [1.807, 2.05) is 6.92 Å². The number of benzene rings is 1. The lowest BCUT2D eigenvalue weighted by Crippen LogP contribution is -2.48. The van der Waals surface area contributed by atoms with Crippen molar-refractivity contribution in [1.82, 2.24) is 10.2 Å². The molecule has 2 fully saturated rings. The van der Waals surface area contributed by atoms with E-state index in [2.05, 4.69) is 5.32 Å². The van der Waals surface area contributed by atoms with Crippen LogP contribution in [-0.4, -0.2) is 22.9 Å². The number of hydrogen-bond acceptors (Lipinski definition) is 2. The van der Waals surface area contributed by atoms with Gasteiger partial charge in [0.25, 0.3) is 0 Å². The normalized spacial score (nSPS) is 23.9. The third-order valence-electron chi connectivity index (χ3n) is 5.13. The average Bonchev–Trinajstić information content (AvgIpc) is 2.81. The van der Waals surface area contributed by atoms with Crippen molar-refractivity contribution in [2.75, 3.05) is 6.54 Å². The Morgan fingerprint density at radius 3 is 2.50 bits per heavy atom. The number of halogens is 3. The Morgan fingerprint density at radius 2 is 1.88 bits per heavy atom. The van der Waals surface area contributed by atoms with Crippen LogP contribution in [0.2, 0.25) is 0 Å². The molecule has 132 valence electrons. The molecule has 1 aliphatic heterocycles. The number of nitrogens with one attached hydrogen (secondary N) is 1. The van der Waals surface area contributed by atoms with E-state index in [0.717, 1.165) is 25.3 Å². The molecule has 0 aromatic heterocycles. The average molecular weight is 340 g/mol. The minimum atomic E-state index is -4.43. The molecule has 1 unspecified atom stereocenters. The van der Waals surface area contributed by atoms with Crippen molar-refractivity contribution in [3.8, 4) is 0 Å². The molecule has 2 aliphatic rings. The number of carbonyl (C=O) groups excluding carboxylic acids is 1. The molecule has 3 nitrogen and oxygen atoms in total. The van der Waals surface area contributed by atoms with E-state index in [0.29, 0.717) is 25.8 Å². The topological polar surface area (TPSA) is 32.3 Å². The Hall–Kier alpha value is -1.56. The first-order valence-electron chi connectivity index (χ1n) is 8.64. The number of carbonyl (C=O) groups is 1. The van der Waals surface area contributed by atoms with Crippen LogP contribution in [0.15, 0.2) is 24.3 Å². The van der Waals surface area contributed by atoms with E-state index in [-0.39, 0.29) is 11.5 Å². The standard InChI is InChI=1S/C18H23F3N2O/c1-2-12-23-15(13-8-4-5-9-14(13)18(19,20)21)22-17(16(23)24)10-6-3-7-11-17/h4-5,8-9,15,22H,2-3,6-7,10-12H2,1H3. The Balaban J connectivity index is 2.02. The minimum absolute atomic E-state index is 0.0361. The van der Waals surface area contributed by atoms with Gasteiger partial charge < -0.3 is 4.90 Å². The lowest BCUT2D eigenvalue weighted by atomic mass is 9.81. The van der Waals surface area contributed by atoms with Crippen LogP contribution >= 0.6 is 0 Å². The first-order valence-corrected chi connectivity index (χ1v) is 8.64. The van der Waals surface area contributed by atoms with Crippen molar-refractivity contribution in [3.63, 3.8) is 0 Å². The summed E-state index contributed by atoms with van der Waals surface area (Å²) >= 11 is 0. The Morgan fingerprint density at radius 1 is 1.21 bits per heavy atom. The third kappa shape index (κ3) is 2.92. The number of alkyl halides is 3. The Bertz CT molecular complexity index is 609. The van der Waals surface area contributed by atoms with E-state index >= 15 is 0 Å². The lowest BCUT2D eigenvalue weighted by molar-refractivity contribution is -0.140. The van der Waals surface area contributed by atoms with Gasteiger partial charge in [-0.15, -0.1) is 0 Å². The van der Waals surface area contributed by atoms with Gasteiger partial charge in [0.1, 0.15) is 6.17 Å². The van der Waals surface area contributed by atoms with Crippen LogP contribution in [0.1, 0.15) is 62.7 Å². The summed E-state index contributed by atoms with van der Waals surface area (Å²) in [6.45, 7) is 2.40. The summed E-state index contributed by atoms with van der Waals surface area (Å²) in [5, 5.41) is 3.30. The predicted molar refractivity (Wildman–Crippen MR) is 85.1 cm³/mol. The van der Waals surface area contributed by atoms with E-state index < -0.39 is 23.4 Å². The van der Waals surface area contributed by atoms with Crippen molar-refractivity contribution in [2.45, 2.75) is 63.3 Å². The first kappa shape index (κ1) is 17.3. The predicted octanol–water partition coefficient (Wildman–Crippen LogP) is 4.25. The van der Waals surface area contributed by atoms with Gasteiger partial charge in [-0.05, 0) is 25.3 Å². The molecule has 1 amide bonds. The smallest absolute Gasteiger partial charge is 0.321 e. The maximum Gasteiger partial charge on any atom is 0.416 e. The molecular weight excluding hydrogens is 317 g/mol. The second-order valence-corrected chi connectivity index (χ2v) is 6.77. The summed E-state index contributed by atoms with van der Waals surface area (Å²) in [6, 6.07) is 5.58. The molecule has 6 heteroatoms. The molecular formula is C18H23F3N2O. The number of amides is 1. The first-order chi connectivity index (χ1) is 11.4. The molecule has 1 aromatic rings. The van der Waals surface area contributed by atoms with Gasteiger partial charge in [0.05, 0.1) is 11.1 Å². The maximum absolute atomic E-state index is 13.4. The Kier molecular flexibility index (Phi) is 4.60. The summed E-state index contributed by atoms with van der Waals surface area (Å²) in [6.07, 6.45) is -0.0516. The zero-order valence-electron chi connectivity index (χ0n) is 13.8. The van der Waals surface area contributed by atoms with Crippen LogP contribution in [0.4, 0.5) is 13.2 Å². The van der Waals surface area contributed by atoms with Gasteiger partial charge in [-0.25, -0.2) is 0 Å². The molecule has 0 bridgehead atoms. The Labute approximate surface area is 140 Å². The van der Waals surface area contributed by atoms with Crippen molar-refractivity contribution < 1.29 is 18.0 Å². The number of rotatable bonds is 3. The van der Waals surface area contributed by atoms with E-state index in [1.54, 1.807) is 11.0 Å². The zero-order chi connectivity index (χ0) is 17.4. The van der Waals surface area contributed by atoms with Crippen LogP contribution in [0.25, 0.3) is 0 Å². The molecule has 3 rings (SSSR count). The molecule has 1 aliphatic carbocycles. The van der Waals surface area contributed by atoms with Crippen molar-refractivity contribution in [1.29, 1.82) is 0 Å². The molecule has 0 radical (unpaired) electrons. The van der Waals surface area contributed by atoms with Gasteiger partial charge in [0.15, 0.2) is 0 Å². The zero-order valence-corrected chi connectivity index (χ0v) is 13.8. The van der Waals surface area contributed by atoms with Crippen LogP contribution in [-0.2, 0) is 11.0 Å². The monoisotopic (exact) mass is 340 g/mol. The molecule has 1 heterocycles. The molecule has 1 aromatic carbocycles. The van der Waals surface area contributed by atoms with E-state index in [4.69, 9.17) is 0 Å². The molecule has 24 heavy (non-hydrogen) atoms. The van der Waals surface area contributed by atoms with E-state index in [9.17, 15) is 18.0 Å². The summed E-state index contributed by atoms with van der Waals surface area (Å²) < 4.78 is 40.2. The highest BCUT2D eigenvalue weighted by Crippen LogP contribution is 2.43.